The molecule has 0 N–H and O–H groups in total. The molecule has 0 saturated carbocycles. The van der Waals surface area contributed by atoms with E-state index in [0.717, 1.165) is 50.4 Å². The molecule has 3 aromatic heterocycles. The first-order valence-corrected chi connectivity index (χ1v) is 9.57. The van der Waals surface area contributed by atoms with Crippen molar-refractivity contribution in [1.29, 1.82) is 0 Å². The number of hydrogen-bond acceptors (Lipinski definition) is 3. The minimum absolute atomic E-state index is 0.723. The van der Waals surface area contributed by atoms with Gasteiger partial charge in [-0.05, 0) is 24.3 Å². The Kier molecular flexibility index (Phi) is 3.43. The number of nitrogens with zero attached hydrogens (tertiary/aromatic N) is 4. The largest absolute Gasteiger partial charge is 0.288 e. The van der Waals surface area contributed by atoms with E-state index in [1.54, 1.807) is 0 Å². The predicted octanol–water partition coefficient (Wildman–Crippen LogP) is 5.76. The molecule has 0 amide bonds. The molecule has 3 aromatic carbocycles. The van der Waals surface area contributed by atoms with E-state index in [0.29, 0.717) is 0 Å². The highest BCUT2D eigenvalue weighted by Gasteiger charge is 2.16. The summed E-state index contributed by atoms with van der Waals surface area (Å²) in [7, 11) is 0. The Hall–Kier alpha value is -4.05. The van der Waals surface area contributed by atoms with Gasteiger partial charge in [-0.2, -0.15) is 0 Å². The summed E-state index contributed by atoms with van der Waals surface area (Å²) in [6.07, 6.45) is 0. The van der Waals surface area contributed by atoms with Crippen LogP contribution in [0.1, 0.15) is 0 Å². The number of para-hydroxylation sites is 2. The zero-order chi connectivity index (χ0) is 19.2. The Morgan fingerprint density at radius 1 is 0.517 bits per heavy atom. The molecule has 4 heteroatoms. The highest BCUT2D eigenvalue weighted by molar-refractivity contribution is 5.96. The quantitative estimate of drug-likeness (QED) is 0.388. The molecule has 0 aliphatic heterocycles. The summed E-state index contributed by atoms with van der Waals surface area (Å²) in [5.41, 5.74) is 7.75. The molecule has 29 heavy (non-hydrogen) atoms. The van der Waals surface area contributed by atoms with E-state index in [-0.39, 0.29) is 0 Å². The number of benzene rings is 3. The number of fused-ring (bicyclic) bond motifs is 5. The van der Waals surface area contributed by atoms with Gasteiger partial charge in [0, 0.05) is 11.1 Å². The van der Waals surface area contributed by atoms with Crippen molar-refractivity contribution in [3.63, 3.8) is 0 Å². The number of hydrogen-bond donors (Lipinski definition) is 0. The Labute approximate surface area is 167 Å². The van der Waals surface area contributed by atoms with Crippen LogP contribution in [0.3, 0.4) is 0 Å². The lowest BCUT2D eigenvalue weighted by Crippen LogP contribution is -1.99. The fourth-order valence-electron chi connectivity index (χ4n) is 3.87. The second-order valence-corrected chi connectivity index (χ2v) is 6.99. The van der Waals surface area contributed by atoms with Gasteiger partial charge in [-0.3, -0.25) is 4.40 Å². The van der Waals surface area contributed by atoms with Crippen molar-refractivity contribution in [3.8, 4) is 22.6 Å². The van der Waals surface area contributed by atoms with Crippen LogP contribution in [0.4, 0.5) is 0 Å². The topological polar surface area (TPSA) is 43.1 Å². The van der Waals surface area contributed by atoms with Crippen molar-refractivity contribution in [2.24, 2.45) is 0 Å². The Balaban J connectivity index is 1.80. The van der Waals surface area contributed by atoms with Crippen LogP contribution in [0.15, 0.2) is 97.1 Å². The van der Waals surface area contributed by atoms with Crippen LogP contribution < -0.4 is 0 Å². The van der Waals surface area contributed by atoms with E-state index in [1.807, 2.05) is 78.9 Å². The van der Waals surface area contributed by atoms with Gasteiger partial charge in [0.25, 0.3) is 0 Å². The van der Waals surface area contributed by atoms with Crippen molar-refractivity contribution in [2.45, 2.75) is 0 Å². The first kappa shape index (κ1) is 16.0. The number of aromatic nitrogens is 4. The van der Waals surface area contributed by atoms with Crippen LogP contribution in [0.2, 0.25) is 0 Å². The highest BCUT2D eigenvalue weighted by atomic mass is 15.0. The SMILES string of the molecule is c1ccc(-c2nc(-c3ccccc3)c3c(ccc4nc5ccccc5n43)n2)cc1. The van der Waals surface area contributed by atoms with E-state index >= 15 is 0 Å². The van der Waals surface area contributed by atoms with E-state index in [4.69, 9.17) is 15.0 Å². The molecule has 0 spiro atoms. The van der Waals surface area contributed by atoms with Gasteiger partial charge in [-0.15, -0.1) is 0 Å². The van der Waals surface area contributed by atoms with Crippen LogP contribution in [-0.4, -0.2) is 19.4 Å². The molecule has 136 valence electrons. The summed E-state index contributed by atoms with van der Waals surface area (Å²) >= 11 is 0. The van der Waals surface area contributed by atoms with Gasteiger partial charge < -0.3 is 0 Å². The van der Waals surface area contributed by atoms with E-state index in [9.17, 15) is 0 Å². The first-order valence-electron chi connectivity index (χ1n) is 9.57. The normalized spacial score (nSPS) is 11.4. The van der Waals surface area contributed by atoms with E-state index < -0.39 is 0 Å². The third-order valence-corrected chi connectivity index (χ3v) is 5.19. The van der Waals surface area contributed by atoms with Crippen molar-refractivity contribution in [3.05, 3.63) is 97.1 Å². The number of imidazole rings is 1. The van der Waals surface area contributed by atoms with Crippen LogP contribution in [0.5, 0.6) is 0 Å². The fourth-order valence-corrected chi connectivity index (χ4v) is 3.87. The third-order valence-electron chi connectivity index (χ3n) is 5.19. The van der Waals surface area contributed by atoms with Gasteiger partial charge in [-0.1, -0.05) is 72.8 Å². The monoisotopic (exact) mass is 372 g/mol. The Morgan fingerprint density at radius 3 is 2.00 bits per heavy atom. The van der Waals surface area contributed by atoms with Gasteiger partial charge in [0.05, 0.1) is 27.8 Å². The van der Waals surface area contributed by atoms with Crippen molar-refractivity contribution < 1.29 is 0 Å². The fraction of sp³-hybridized carbons (Fsp3) is 0. The van der Waals surface area contributed by atoms with Crippen LogP contribution >= 0.6 is 0 Å². The first-order chi connectivity index (χ1) is 14.4. The van der Waals surface area contributed by atoms with Crippen molar-refractivity contribution in [1.82, 2.24) is 19.4 Å². The second kappa shape index (κ2) is 6.24. The molecule has 0 bridgehead atoms. The molecule has 0 atom stereocenters. The van der Waals surface area contributed by atoms with Crippen LogP contribution in [0.25, 0.3) is 50.4 Å². The minimum atomic E-state index is 0.723. The molecule has 0 saturated heterocycles. The standard InChI is InChI=1S/C25H16N4/c1-3-9-17(10-4-1)23-24-20(27-25(28-23)18-11-5-2-6-12-18)15-16-22-26-19-13-7-8-14-21(19)29(22)24/h1-16H. The molecule has 3 heterocycles. The summed E-state index contributed by atoms with van der Waals surface area (Å²) in [6, 6.07) is 32.6. The lowest BCUT2D eigenvalue weighted by atomic mass is 10.1. The predicted molar refractivity (Wildman–Crippen MR) is 117 cm³/mol. The van der Waals surface area contributed by atoms with Gasteiger partial charge in [0.15, 0.2) is 5.82 Å². The molecule has 0 aliphatic rings. The molecular weight excluding hydrogens is 356 g/mol. The molecule has 0 unspecified atom stereocenters. The van der Waals surface area contributed by atoms with Gasteiger partial charge >= 0.3 is 0 Å². The van der Waals surface area contributed by atoms with Crippen molar-refractivity contribution in [2.75, 3.05) is 0 Å². The Bertz CT molecular complexity index is 1490. The van der Waals surface area contributed by atoms with E-state index in [2.05, 4.69) is 22.6 Å². The van der Waals surface area contributed by atoms with Gasteiger partial charge in [0.1, 0.15) is 5.65 Å². The van der Waals surface area contributed by atoms with Gasteiger partial charge in [-0.25, -0.2) is 15.0 Å². The summed E-state index contributed by atoms with van der Waals surface area (Å²) < 4.78 is 2.17. The van der Waals surface area contributed by atoms with Crippen LogP contribution in [0, 0.1) is 0 Å². The molecule has 0 radical (unpaired) electrons. The smallest absolute Gasteiger partial charge is 0.160 e. The minimum Gasteiger partial charge on any atom is -0.288 e. The summed E-state index contributed by atoms with van der Waals surface area (Å²) in [5.74, 6) is 0.723. The molecule has 4 nitrogen and oxygen atoms in total. The highest BCUT2D eigenvalue weighted by Crippen LogP contribution is 2.31. The molecular formula is C25H16N4. The molecule has 0 aliphatic carbocycles. The van der Waals surface area contributed by atoms with Crippen LogP contribution in [-0.2, 0) is 0 Å². The maximum absolute atomic E-state index is 5.02. The average Bonchev–Trinajstić information content (AvgIpc) is 3.18. The zero-order valence-electron chi connectivity index (χ0n) is 15.5. The maximum atomic E-state index is 5.02. The van der Waals surface area contributed by atoms with E-state index in [1.165, 1.54) is 0 Å². The van der Waals surface area contributed by atoms with Gasteiger partial charge in [0.2, 0.25) is 0 Å². The third kappa shape index (κ3) is 2.50. The Morgan fingerprint density at radius 2 is 1.21 bits per heavy atom. The van der Waals surface area contributed by atoms with Crippen molar-refractivity contribution >= 4 is 27.7 Å². The number of rotatable bonds is 2. The second-order valence-electron chi connectivity index (χ2n) is 6.99. The molecule has 0 fully saturated rings. The lowest BCUT2D eigenvalue weighted by Gasteiger charge is -2.11. The zero-order valence-corrected chi connectivity index (χ0v) is 15.5. The summed E-state index contributed by atoms with van der Waals surface area (Å²) in [4.78, 5) is 14.7. The molecule has 6 rings (SSSR count). The lowest BCUT2D eigenvalue weighted by molar-refractivity contribution is 1.19. The number of pyridine rings is 1. The average molecular weight is 372 g/mol. The summed E-state index contributed by atoms with van der Waals surface area (Å²) in [5, 5.41) is 0. The molecule has 6 aromatic rings. The summed E-state index contributed by atoms with van der Waals surface area (Å²) in [6.45, 7) is 0. The maximum Gasteiger partial charge on any atom is 0.160 e.